The fraction of sp³-hybridized carbons (Fsp3) is 0.371. The summed E-state index contributed by atoms with van der Waals surface area (Å²) in [5.74, 6) is -3.16. The molecule has 0 saturated carbocycles. The van der Waals surface area contributed by atoms with E-state index in [0.717, 1.165) is 28.8 Å². The van der Waals surface area contributed by atoms with Gasteiger partial charge in [0.15, 0.2) is 17.4 Å². The van der Waals surface area contributed by atoms with Gasteiger partial charge in [0.25, 0.3) is 0 Å². The normalized spacial score (nSPS) is 18.6. The summed E-state index contributed by atoms with van der Waals surface area (Å²) in [6, 6.07) is 14.2. The number of phenols is 1. The molecule has 1 aliphatic carbocycles. The van der Waals surface area contributed by atoms with Crippen LogP contribution in [0.2, 0.25) is 0 Å². The predicted octanol–water partition coefficient (Wildman–Crippen LogP) is 7.22. The van der Waals surface area contributed by atoms with Crippen LogP contribution < -0.4 is 4.74 Å². The summed E-state index contributed by atoms with van der Waals surface area (Å²) in [5, 5.41) is 33.5. The lowest BCUT2D eigenvalue weighted by Crippen LogP contribution is -2.18. The van der Waals surface area contributed by atoms with Crippen molar-refractivity contribution in [1.82, 2.24) is 4.98 Å². The quantitative estimate of drug-likeness (QED) is 0.168. The summed E-state index contributed by atoms with van der Waals surface area (Å²) in [5.41, 5.74) is 2.83. The molecule has 1 aromatic heterocycles. The zero-order valence-electron chi connectivity index (χ0n) is 25.2. The third-order valence-corrected chi connectivity index (χ3v) is 8.12. The molecular weight excluding hydrogens is 552 g/mol. The second-order valence-corrected chi connectivity index (χ2v) is 13.4. The molecule has 1 heterocycles. The number of hydrogen-bond acceptors (Lipinski definition) is 6. The maximum Gasteiger partial charge on any atom is 0.311 e. The first-order valence-electron chi connectivity index (χ1n) is 14.4. The number of aryl methyl sites for hydroxylation is 1. The summed E-state index contributed by atoms with van der Waals surface area (Å²) in [7, 11) is 0. The number of aliphatic hydroxyl groups excluding tert-OH is 2. The Labute approximate surface area is 250 Å². The fourth-order valence-electron chi connectivity index (χ4n) is 5.78. The highest BCUT2D eigenvalue weighted by atomic mass is 19.2. The maximum atomic E-state index is 13.9. The van der Waals surface area contributed by atoms with Crippen LogP contribution in [0, 0.1) is 11.6 Å². The highest BCUT2D eigenvalue weighted by Crippen LogP contribution is 2.50. The topological polar surface area (TPSA) is 99.9 Å². The van der Waals surface area contributed by atoms with Crippen LogP contribution in [0.3, 0.4) is 0 Å². The smallest absolute Gasteiger partial charge is 0.311 e. The fourth-order valence-corrected chi connectivity index (χ4v) is 5.78. The molecule has 4 aromatic rings. The molecule has 0 bridgehead atoms. The number of rotatable bonds is 5. The van der Waals surface area contributed by atoms with Gasteiger partial charge in [0.2, 0.25) is 0 Å². The van der Waals surface area contributed by atoms with Crippen LogP contribution in [-0.4, -0.2) is 26.3 Å². The second kappa shape index (κ2) is 11.0. The van der Waals surface area contributed by atoms with Gasteiger partial charge in [-0.3, -0.25) is 4.79 Å². The predicted molar refractivity (Wildman–Crippen MR) is 160 cm³/mol. The molecule has 0 radical (unpaired) electrons. The zero-order valence-corrected chi connectivity index (χ0v) is 25.2. The van der Waals surface area contributed by atoms with E-state index in [2.05, 4.69) is 4.98 Å². The summed E-state index contributed by atoms with van der Waals surface area (Å²) >= 11 is 0. The Morgan fingerprint density at radius 3 is 1.95 bits per heavy atom. The number of pyridine rings is 1. The number of esters is 1. The Kier molecular flexibility index (Phi) is 7.82. The minimum Gasteiger partial charge on any atom is -0.507 e. The summed E-state index contributed by atoms with van der Waals surface area (Å²) in [4.78, 5) is 17.7. The van der Waals surface area contributed by atoms with E-state index in [1.807, 2.05) is 53.7 Å². The van der Waals surface area contributed by atoms with E-state index in [1.54, 1.807) is 30.3 Å². The molecular formula is C35H37F2NO5. The molecule has 0 saturated heterocycles. The molecule has 43 heavy (non-hydrogen) atoms. The highest BCUT2D eigenvalue weighted by Gasteiger charge is 2.42. The number of halogens is 2. The number of aliphatic hydroxyl groups is 2. The molecule has 0 aliphatic heterocycles. The van der Waals surface area contributed by atoms with E-state index >= 15 is 0 Å². The van der Waals surface area contributed by atoms with Crippen molar-refractivity contribution in [3.8, 4) is 11.5 Å². The highest BCUT2D eigenvalue weighted by molar-refractivity contribution is 5.87. The third kappa shape index (κ3) is 5.86. The number of nitrogens with zero attached hydrogens (tertiary/aromatic N) is 1. The Balaban J connectivity index is 1.39. The van der Waals surface area contributed by atoms with E-state index in [-0.39, 0.29) is 39.9 Å². The molecule has 8 heteroatoms. The number of carbonyl (C=O) groups is 1. The van der Waals surface area contributed by atoms with Gasteiger partial charge >= 0.3 is 5.97 Å². The standard InChI is InChI=1S/C35H37F2NO5/c1-34(2,3)22-14-18(15-23(33(22)42)35(4,5)6)10-13-28(39)43-27-9-7-8-19-11-12-26(38-30(19)27)29-31(40)20-16-24(36)25(37)17-21(20)32(29)41/h7-9,11-12,14-17,29,31-32,40-42H,10,13H2,1-6H3. The Bertz CT molecular complexity index is 1650. The molecule has 0 fully saturated rings. The number of aromatic nitrogens is 1. The van der Waals surface area contributed by atoms with E-state index < -0.39 is 35.7 Å². The number of benzene rings is 3. The van der Waals surface area contributed by atoms with Gasteiger partial charge < -0.3 is 20.1 Å². The van der Waals surface area contributed by atoms with Gasteiger partial charge in [-0.2, -0.15) is 0 Å². The summed E-state index contributed by atoms with van der Waals surface area (Å²) in [6.07, 6.45) is -2.12. The van der Waals surface area contributed by atoms with Gasteiger partial charge in [0.05, 0.1) is 23.8 Å². The molecule has 0 amide bonds. The van der Waals surface area contributed by atoms with E-state index in [4.69, 9.17) is 4.74 Å². The monoisotopic (exact) mass is 589 g/mol. The number of hydrogen-bond donors (Lipinski definition) is 3. The molecule has 3 N–H and O–H groups in total. The van der Waals surface area contributed by atoms with Crippen LogP contribution >= 0.6 is 0 Å². The van der Waals surface area contributed by atoms with Gasteiger partial charge in [0.1, 0.15) is 11.3 Å². The van der Waals surface area contributed by atoms with Gasteiger partial charge in [-0.15, -0.1) is 0 Å². The van der Waals surface area contributed by atoms with Crippen molar-refractivity contribution in [2.24, 2.45) is 0 Å². The zero-order chi connectivity index (χ0) is 31.4. The molecule has 3 aromatic carbocycles. The first-order chi connectivity index (χ1) is 20.1. The SMILES string of the molecule is CC(C)(C)c1cc(CCC(=O)Oc2cccc3ccc(C4C(O)c5cc(F)c(F)cc5C4O)nc23)cc(C(C)(C)C)c1O. The average molecular weight is 590 g/mol. The first kappa shape index (κ1) is 30.6. The number of aromatic hydroxyl groups is 1. The Morgan fingerprint density at radius 2 is 1.42 bits per heavy atom. The number of phenolic OH excluding ortho intramolecular Hbond substituents is 1. The minimum atomic E-state index is -1.30. The van der Waals surface area contributed by atoms with Crippen molar-refractivity contribution < 1.29 is 33.6 Å². The van der Waals surface area contributed by atoms with Crippen molar-refractivity contribution >= 4 is 16.9 Å². The average Bonchev–Trinajstić information content (AvgIpc) is 3.15. The number of para-hydroxylation sites is 1. The van der Waals surface area contributed by atoms with Gasteiger partial charge in [-0.1, -0.05) is 71.9 Å². The van der Waals surface area contributed by atoms with Crippen molar-refractivity contribution in [1.29, 1.82) is 0 Å². The van der Waals surface area contributed by atoms with Gasteiger partial charge in [0, 0.05) is 11.8 Å². The van der Waals surface area contributed by atoms with Crippen molar-refractivity contribution in [2.75, 3.05) is 0 Å². The van der Waals surface area contributed by atoms with Crippen LogP contribution in [0.4, 0.5) is 8.78 Å². The van der Waals surface area contributed by atoms with Crippen LogP contribution in [-0.2, 0) is 22.0 Å². The summed E-state index contributed by atoms with van der Waals surface area (Å²) in [6.45, 7) is 12.2. The number of fused-ring (bicyclic) bond motifs is 2. The van der Waals surface area contributed by atoms with Gasteiger partial charge in [-0.05, 0) is 69.3 Å². The molecule has 226 valence electrons. The lowest BCUT2D eigenvalue weighted by atomic mass is 9.78. The molecule has 2 atom stereocenters. The lowest BCUT2D eigenvalue weighted by Gasteiger charge is -2.28. The van der Waals surface area contributed by atoms with Gasteiger partial charge in [-0.25, -0.2) is 13.8 Å². The largest absolute Gasteiger partial charge is 0.507 e. The lowest BCUT2D eigenvalue weighted by molar-refractivity contribution is -0.134. The van der Waals surface area contributed by atoms with E-state index in [0.29, 0.717) is 23.0 Å². The first-order valence-corrected chi connectivity index (χ1v) is 14.4. The van der Waals surface area contributed by atoms with Crippen molar-refractivity contribution in [3.05, 3.63) is 99.7 Å². The van der Waals surface area contributed by atoms with Crippen molar-refractivity contribution in [2.45, 2.75) is 83.3 Å². The Morgan fingerprint density at radius 1 is 0.860 bits per heavy atom. The molecule has 0 spiro atoms. The Hall–Kier alpha value is -3.88. The van der Waals surface area contributed by atoms with Crippen molar-refractivity contribution in [3.63, 3.8) is 0 Å². The maximum absolute atomic E-state index is 13.9. The number of carbonyl (C=O) groups excluding carboxylic acids is 1. The molecule has 5 rings (SSSR count). The molecule has 1 aliphatic rings. The second-order valence-electron chi connectivity index (χ2n) is 13.4. The minimum absolute atomic E-state index is 0.0838. The molecule has 2 unspecified atom stereocenters. The van der Waals surface area contributed by atoms with Crippen LogP contribution in [0.15, 0.2) is 54.6 Å². The summed E-state index contributed by atoms with van der Waals surface area (Å²) < 4.78 is 33.5. The van der Waals surface area contributed by atoms with Crippen LogP contribution in [0.25, 0.3) is 10.9 Å². The third-order valence-electron chi connectivity index (χ3n) is 8.12. The molecule has 6 nitrogen and oxygen atoms in total. The van der Waals surface area contributed by atoms with E-state index in [1.165, 1.54) is 0 Å². The van der Waals surface area contributed by atoms with Crippen LogP contribution in [0.1, 0.15) is 99.6 Å². The van der Waals surface area contributed by atoms with Crippen LogP contribution in [0.5, 0.6) is 11.5 Å². The van der Waals surface area contributed by atoms with E-state index in [9.17, 15) is 28.9 Å². The number of ether oxygens (including phenoxy) is 1.